The Bertz CT molecular complexity index is 1220. The standard InChI is InChI=1S/C21H27N7O3S/c1-14-13-19(24-21(22-14)28-9-11-31-12-10-28)23-17-5-7-18(8-6-17)26-32(29,30)20-15(2)25-27(4)16(20)3/h5-8,13,26H,9-12H2,1-4H3,(H,22,23,24). The molecule has 32 heavy (non-hydrogen) atoms. The van der Waals surface area contributed by atoms with Crippen molar-refractivity contribution in [2.24, 2.45) is 7.05 Å². The molecule has 0 saturated carbocycles. The van der Waals surface area contributed by atoms with Gasteiger partial charge in [-0.15, -0.1) is 0 Å². The van der Waals surface area contributed by atoms with Gasteiger partial charge in [0, 0.05) is 43.3 Å². The van der Waals surface area contributed by atoms with Gasteiger partial charge in [0.05, 0.1) is 24.6 Å². The Kier molecular flexibility index (Phi) is 6.02. The van der Waals surface area contributed by atoms with Gasteiger partial charge >= 0.3 is 0 Å². The molecule has 1 aliphatic rings. The Hall–Kier alpha value is -3.18. The van der Waals surface area contributed by atoms with E-state index in [1.807, 2.05) is 13.0 Å². The molecule has 0 amide bonds. The third-order valence-corrected chi connectivity index (χ3v) is 6.89. The summed E-state index contributed by atoms with van der Waals surface area (Å²) >= 11 is 0. The highest BCUT2D eigenvalue weighted by atomic mass is 32.2. The second-order valence-electron chi connectivity index (χ2n) is 7.73. The zero-order chi connectivity index (χ0) is 22.9. The summed E-state index contributed by atoms with van der Waals surface area (Å²) in [5.41, 5.74) is 3.16. The van der Waals surface area contributed by atoms with Crippen molar-refractivity contribution < 1.29 is 13.2 Å². The summed E-state index contributed by atoms with van der Waals surface area (Å²) in [5, 5.41) is 7.46. The molecule has 2 aromatic heterocycles. The number of ether oxygens (including phenoxy) is 1. The van der Waals surface area contributed by atoms with E-state index >= 15 is 0 Å². The van der Waals surface area contributed by atoms with E-state index in [9.17, 15) is 8.42 Å². The average molecular weight is 458 g/mol. The predicted molar refractivity (Wildman–Crippen MR) is 123 cm³/mol. The maximum absolute atomic E-state index is 12.8. The number of nitrogens with zero attached hydrogens (tertiary/aromatic N) is 5. The van der Waals surface area contributed by atoms with Crippen molar-refractivity contribution in [3.63, 3.8) is 0 Å². The average Bonchev–Trinajstić information content (AvgIpc) is 3.01. The Labute approximate surface area is 187 Å². The van der Waals surface area contributed by atoms with E-state index in [0.717, 1.165) is 24.5 Å². The van der Waals surface area contributed by atoms with E-state index in [1.165, 1.54) is 0 Å². The molecule has 0 spiro atoms. The molecule has 1 aromatic carbocycles. The second kappa shape index (κ2) is 8.75. The minimum atomic E-state index is -3.74. The first-order valence-electron chi connectivity index (χ1n) is 10.3. The van der Waals surface area contributed by atoms with Crippen LogP contribution in [0.2, 0.25) is 0 Å². The van der Waals surface area contributed by atoms with Crippen LogP contribution < -0.4 is 14.9 Å². The molecule has 4 rings (SSSR count). The normalized spacial score (nSPS) is 14.4. The molecule has 1 saturated heterocycles. The molecule has 10 nitrogen and oxygen atoms in total. The number of anilines is 4. The van der Waals surface area contributed by atoms with E-state index in [0.29, 0.717) is 42.1 Å². The van der Waals surface area contributed by atoms with Gasteiger partial charge in [0.1, 0.15) is 10.7 Å². The summed E-state index contributed by atoms with van der Waals surface area (Å²) in [4.78, 5) is 11.5. The van der Waals surface area contributed by atoms with Gasteiger partial charge in [-0.25, -0.2) is 13.4 Å². The number of benzene rings is 1. The molecule has 3 aromatic rings. The molecular weight excluding hydrogens is 430 g/mol. The van der Waals surface area contributed by atoms with Crippen molar-refractivity contribution >= 4 is 33.2 Å². The first kappa shape index (κ1) is 22.0. The highest BCUT2D eigenvalue weighted by molar-refractivity contribution is 7.92. The highest BCUT2D eigenvalue weighted by Crippen LogP contribution is 2.24. The third-order valence-electron chi connectivity index (χ3n) is 5.26. The highest BCUT2D eigenvalue weighted by Gasteiger charge is 2.24. The molecule has 0 aliphatic carbocycles. The van der Waals surface area contributed by atoms with Crippen molar-refractivity contribution in [3.05, 3.63) is 47.4 Å². The van der Waals surface area contributed by atoms with Crippen LogP contribution in [-0.2, 0) is 21.8 Å². The molecule has 0 atom stereocenters. The molecule has 11 heteroatoms. The number of aromatic nitrogens is 4. The van der Waals surface area contributed by atoms with Gasteiger partial charge in [-0.3, -0.25) is 9.40 Å². The largest absolute Gasteiger partial charge is 0.378 e. The molecule has 0 unspecified atom stereocenters. The minimum Gasteiger partial charge on any atom is -0.378 e. The van der Waals surface area contributed by atoms with Crippen molar-refractivity contribution in [3.8, 4) is 0 Å². The van der Waals surface area contributed by atoms with E-state index in [1.54, 1.807) is 49.8 Å². The summed E-state index contributed by atoms with van der Waals surface area (Å²) < 4.78 is 35.3. The Morgan fingerprint density at radius 2 is 1.66 bits per heavy atom. The smallest absolute Gasteiger partial charge is 0.265 e. The van der Waals surface area contributed by atoms with Crippen LogP contribution in [0.5, 0.6) is 0 Å². The van der Waals surface area contributed by atoms with Gasteiger partial charge < -0.3 is 15.0 Å². The Morgan fingerprint density at radius 1 is 1.00 bits per heavy atom. The molecule has 0 radical (unpaired) electrons. The number of morpholine rings is 1. The fourth-order valence-electron chi connectivity index (χ4n) is 3.64. The lowest BCUT2D eigenvalue weighted by Crippen LogP contribution is -2.37. The number of aryl methyl sites for hydroxylation is 3. The van der Waals surface area contributed by atoms with Crippen LogP contribution in [0.25, 0.3) is 0 Å². The first-order valence-corrected chi connectivity index (χ1v) is 11.8. The zero-order valence-corrected chi connectivity index (χ0v) is 19.4. The van der Waals surface area contributed by atoms with E-state index in [2.05, 4.69) is 30.0 Å². The predicted octanol–water partition coefficient (Wildman–Crippen LogP) is 2.52. The lowest BCUT2D eigenvalue weighted by molar-refractivity contribution is 0.122. The first-order chi connectivity index (χ1) is 15.2. The number of hydrogen-bond acceptors (Lipinski definition) is 8. The zero-order valence-electron chi connectivity index (χ0n) is 18.6. The fourth-order valence-corrected chi connectivity index (χ4v) is 5.14. The van der Waals surface area contributed by atoms with Gasteiger partial charge in [0.15, 0.2) is 0 Å². The lowest BCUT2D eigenvalue weighted by atomic mass is 10.3. The topological polar surface area (TPSA) is 114 Å². The number of hydrogen-bond donors (Lipinski definition) is 2. The van der Waals surface area contributed by atoms with Crippen molar-refractivity contribution in [1.29, 1.82) is 0 Å². The summed E-state index contributed by atoms with van der Waals surface area (Å²) in [5.74, 6) is 1.34. The van der Waals surface area contributed by atoms with Gasteiger partial charge in [0.25, 0.3) is 10.0 Å². The number of sulfonamides is 1. The summed E-state index contributed by atoms with van der Waals surface area (Å²) in [6.45, 7) is 8.18. The quantitative estimate of drug-likeness (QED) is 0.580. The molecule has 1 fully saturated rings. The minimum absolute atomic E-state index is 0.203. The van der Waals surface area contributed by atoms with Crippen LogP contribution in [0.4, 0.5) is 23.1 Å². The van der Waals surface area contributed by atoms with Gasteiger partial charge in [0.2, 0.25) is 5.95 Å². The van der Waals surface area contributed by atoms with E-state index in [-0.39, 0.29) is 4.90 Å². The van der Waals surface area contributed by atoms with Crippen LogP contribution in [0, 0.1) is 20.8 Å². The van der Waals surface area contributed by atoms with E-state index in [4.69, 9.17) is 4.74 Å². The monoisotopic (exact) mass is 457 g/mol. The second-order valence-corrected chi connectivity index (χ2v) is 9.34. The Balaban J connectivity index is 1.49. The molecule has 0 bridgehead atoms. The SMILES string of the molecule is Cc1cc(Nc2ccc(NS(=O)(=O)c3c(C)nn(C)c3C)cc2)nc(N2CCOCC2)n1. The van der Waals surface area contributed by atoms with Gasteiger partial charge in [-0.05, 0) is 45.0 Å². The molecule has 1 aliphatic heterocycles. The molecule has 3 heterocycles. The van der Waals surface area contributed by atoms with Gasteiger partial charge in [-0.2, -0.15) is 10.1 Å². The van der Waals surface area contributed by atoms with Crippen molar-refractivity contribution in [2.45, 2.75) is 25.7 Å². The molecule has 2 N–H and O–H groups in total. The van der Waals surface area contributed by atoms with Crippen LogP contribution in [0.15, 0.2) is 35.2 Å². The summed E-state index contributed by atoms with van der Waals surface area (Å²) in [6.07, 6.45) is 0. The van der Waals surface area contributed by atoms with Crippen LogP contribution in [0.1, 0.15) is 17.1 Å². The van der Waals surface area contributed by atoms with Crippen molar-refractivity contribution in [2.75, 3.05) is 41.2 Å². The number of nitrogens with one attached hydrogen (secondary N) is 2. The maximum atomic E-state index is 12.8. The summed E-state index contributed by atoms with van der Waals surface area (Å²) in [7, 11) is -2.02. The molecule has 170 valence electrons. The Morgan fingerprint density at radius 3 is 2.28 bits per heavy atom. The summed E-state index contributed by atoms with van der Waals surface area (Å²) in [6, 6.07) is 8.88. The lowest BCUT2D eigenvalue weighted by Gasteiger charge is -2.27. The number of rotatable bonds is 6. The van der Waals surface area contributed by atoms with E-state index < -0.39 is 10.0 Å². The van der Waals surface area contributed by atoms with Crippen LogP contribution in [-0.4, -0.2) is 54.5 Å². The fraction of sp³-hybridized carbons (Fsp3) is 0.381. The molecular formula is C21H27N7O3S. The van der Waals surface area contributed by atoms with Crippen LogP contribution >= 0.6 is 0 Å². The van der Waals surface area contributed by atoms with Gasteiger partial charge in [-0.1, -0.05) is 0 Å². The van der Waals surface area contributed by atoms with Crippen LogP contribution in [0.3, 0.4) is 0 Å². The third kappa shape index (κ3) is 4.68. The maximum Gasteiger partial charge on any atom is 0.265 e. The van der Waals surface area contributed by atoms with Crippen molar-refractivity contribution in [1.82, 2.24) is 19.7 Å².